The van der Waals surface area contributed by atoms with E-state index < -0.39 is 11.8 Å². The van der Waals surface area contributed by atoms with Crippen molar-refractivity contribution in [1.82, 2.24) is 9.97 Å². The molecule has 0 radical (unpaired) electrons. The number of carboxylic acids is 1. The molecule has 6 nitrogen and oxygen atoms in total. The number of hydrogen-bond acceptors (Lipinski definition) is 5. The molecule has 1 aliphatic rings. The summed E-state index contributed by atoms with van der Waals surface area (Å²) in [6, 6.07) is 12.1. The molecule has 2 heterocycles. The van der Waals surface area contributed by atoms with E-state index in [1.807, 2.05) is 12.1 Å². The number of halogens is 3. The number of rotatable bonds is 6. The molecule has 1 aromatic heterocycles. The van der Waals surface area contributed by atoms with E-state index in [2.05, 4.69) is 42.9 Å². The first-order chi connectivity index (χ1) is 14.9. The molecule has 1 fully saturated rings. The quantitative estimate of drug-likeness (QED) is 0.466. The molecule has 0 amide bonds. The SMILES string of the molecule is O=C(O)c1cnc(N2CCC[C@@H]2c2cccc(Br)c2)nc1COc1ccc(F)c(Cl)c1. The Bertz CT molecular complexity index is 1130. The Labute approximate surface area is 191 Å². The second kappa shape index (κ2) is 9.20. The maximum absolute atomic E-state index is 13.4. The summed E-state index contributed by atoms with van der Waals surface area (Å²) in [7, 11) is 0. The second-order valence-corrected chi connectivity index (χ2v) is 8.43. The number of anilines is 1. The fourth-order valence-electron chi connectivity index (χ4n) is 3.62. The van der Waals surface area contributed by atoms with E-state index in [-0.39, 0.29) is 28.9 Å². The average Bonchev–Trinajstić information content (AvgIpc) is 3.24. The van der Waals surface area contributed by atoms with Crippen LogP contribution in [0, 0.1) is 5.82 Å². The van der Waals surface area contributed by atoms with Crippen molar-refractivity contribution in [2.24, 2.45) is 0 Å². The first-order valence-electron chi connectivity index (χ1n) is 9.61. The van der Waals surface area contributed by atoms with Crippen molar-refractivity contribution >= 4 is 39.4 Å². The summed E-state index contributed by atoms with van der Waals surface area (Å²) in [5.74, 6) is -0.941. The lowest BCUT2D eigenvalue weighted by Crippen LogP contribution is -2.26. The van der Waals surface area contributed by atoms with Crippen molar-refractivity contribution in [3.05, 3.63) is 80.8 Å². The van der Waals surface area contributed by atoms with E-state index >= 15 is 0 Å². The van der Waals surface area contributed by atoms with Gasteiger partial charge in [-0.2, -0.15) is 0 Å². The van der Waals surface area contributed by atoms with Crippen LogP contribution in [0.15, 0.2) is 53.1 Å². The van der Waals surface area contributed by atoms with Crippen LogP contribution >= 0.6 is 27.5 Å². The number of nitrogens with zero attached hydrogens (tertiary/aromatic N) is 3. The van der Waals surface area contributed by atoms with Crippen LogP contribution in [0.1, 0.15) is 40.5 Å². The van der Waals surface area contributed by atoms with Gasteiger partial charge in [0.05, 0.1) is 16.8 Å². The molecule has 2 aromatic carbocycles. The Morgan fingerprint density at radius 1 is 1.32 bits per heavy atom. The minimum atomic E-state index is -1.15. The number of carboxylic acid groups (broad SMARTS) is 1. The number of hydrogen-bond donors (Lipinski definition) is 1. The highest BCUT2D eigenvalue weighted by molar-refractivity contribution is 9.10. The van der Waals surface area contributed by atoms with Crippen molar-refractivity contribution < 1.29 is 19.0 Å². The van der Waals surface area contributed by atoms with Crippen LogP contribution in [-0.4, -0.2) is 27.6 Å². The standard InChI is InChI=1S/C22H18BrClFN3O3/c23-14-4-1-3-13(9-14)20-5-2-8-28(20)22-26-11-16(21(29)30)19(27-22)12-31-15-6-7-18(25)17(24)10-15/h1,3-4,6-7,9-11,20H,2,5,8,12H2,(H,29,30)/t20-/m1/s1. The molecular weight excluding hydrogens is 489 g/mol. The lowest BCUT2D eigenvalue weighted by molar-refractivity contribution is 0.0692. The summed E-state index contributed by atoms with van der Waals surface area (Å²) in [4.78, 5) is 22.6. The van der Waals surface area contributed by atoms with Gasteiger partial charge < -0.3 is 14.7 Å². The lowest BCUT2D eigenvalue weighted by atomic mass is 10.1. The van der Waals surface area contributed by atoms with Gasteiger partial charge in [-0.3, -0.25) is 0 Å². The molecule has 9 heteroatoms. The zero-order valence-corrected chi connectivity index (χ0v) is 18.6. The topological polar surface area (TPSA) is 75.5 Å². The Morgan fingerprint density at radius 3 is 2.90 bits per heavy atom. The first kappa shape index (κ1) is 21.5. The molecule has 1 N–H and O–H groups in total. The van der Waals surface area contributed by atoms with Crippen molar-refractivity contribution in [1.29, 1.82) is 0 Å². The van der Waals surface area contributed by atoms with Crippen LogP contribution in [0.25, 0.3) is 0 Å². The third-order valence-corrected chi connectivity index (χ3v) is 5.88. The predicted molar refractivity (Wildman–Crippen MR) is 118 cm³/mol. The third kappa shape index (κ3) is 4.80. The fourth-order valence-corrected chi connectivity index (χ4v) is 4.21. The van der Waals surface area contributed by atoms with Gasteiger partial charge in [-0.25, -0.2) is 19.2 Å². The predicted octanol–water partition coefficient (Wildman–Crippen LogP) is 5.65. The van der Waals surface area contributed by atoms with Gasteiger partial charge in [0.2, 0.25) is 5.95 Å². The van der Waals surface area contributed by atoms with E-state index in [0.717, 1.165) is 29.4 Å². The normalized spacial score (nSPS) is 15.8. The molecule has 1 aliphatic heterocycles. The maximum Gasteiger partial charge on any atom is 0.339 e. The summed E-state index contributed by atoms with van der Waals surface area (Å²) in [6.07, 6.45) is 3.22. The summed E-state index contributed by atoms with van der Waals surface area (Å²) in [6.45, 7) is 0.645. The molecule has 31 heavy (non-hydrogen) atoms. The van der Waals surface area contributed by atoms with Crippen LogP contribution in [-0.2, 0) is 6.61 Å². The van der Waals surface area contributed by atoms with E-state index in [1.165, 1.54) is 24.4 Å². The van der Waals surface area contributed by atoms with Crippen LogP contribution in [0.5, 0.6) is 5.75 Å². The highest BCUT2D eigenvalue weighted by Crippen LogP contribution is 2.35. The van der Waals surface area contributed by atoms with E-state index in [4.69, 9.17) is 16.3 Å². The van der Waals surface area contributed by atoms with Crippen molar-refractivity contribution in [2.45, 2.75) is 25.5 Å². The van der Waals surface area contributed by atoms with E-state index in [9.17, 15) is 14.3 Å². The van der Waals surface area contributed by atoms with Gasteiger partial charge in [0.15, 0.2) is 0 Å². The van der Waals surface area contributed by atoms with Crippen LogP contribution in [0.2, 0.25) is 5.02 Å². The summed E-state index contributed by atoms with van der Waals surface area (Å²) >= 11 is 9.30. The Morgan fingerprint density at radius 2 is 2.16 bits per heavy atom. The van der Waals surface area contributed by atoms with Crippen LogP contribution in [0.3, 0.4) is 0 Å². The molecule has 0 bridgehead atoms. The fraction of sp³-hybridized carbons (Fsp3) is 0.227. The highest BCUT2D eigenvalue weighted by Gasteiger charge is 2.29. The molecular formula is C22H18BrClFN3O3. The van der Waals surface area contributed by atoms with Gasteiger partial charge in [-0.05, 0) is 42.7 Å². The zero-order valence-electron chi connectivity index (χ0n) is 16.3. The van der Waals surface area contributed by atoms with Gasteiger partial charge in [-0.15, -0.1) is 0 Å². The summed E-state index contributed by atoms with van der Waals surface area (Å²) in [5, 5.41) is 9.46. The molecule has 0 spiro atoms. The largest absolute Gasteiger partial charge is 0.487 e. The molecule has 0 aliphatic carbocycles. The molecule has 160 valence electrons. The Balaban J connectivity index is 1.61. The number of aromatic nitrogens is 2. The molecule has 3 aromatic rings. The molecule has 1 saturated heterocycles. The van der Waals surface area contributed by atoms with Crippen molar-refractivity contribution in [2.75, 3.05) is 11.4 Å². The van der Waals surface area contributed by atoms with Gasteiger partial charge in [0.1, 0.15) is 23.7 Å². The Hall–Kier alpha value is -2.71. The number of aromatic carboxylic acids is 1. The smallest absolute Gasteiger partial charge is 0.339 e. The minimum absolute atomic E-state index is 0.0461. The summed E-state index contributed by atoms with van der Waals surface area (Å²) in [5.41, 5.74) is 1.32. The number of benzene rings is 2. The average molecular weight is 507 g/mol. The summed E-state index contributed by atoms with van der Waals surface area (Å²) < 4.78 is 20.0. The minimum Gasteiger partial charge on any atom is -0.487 e. The number of ether oxygens (including phenoxy) is 1. The Kier molecular flexibility index (Phi) is 6.38. The second-order valence-electron chi connectivity index (χ2n) is 7.11. The number of carbonyl (C=O) groups is 1. The molecule has 0 saturated carbocycles. The third-order valence-electron chi connectivity index (χ3n) is 5.10. The zero-order chi connectivity index (χ0) is 22.0. The van der Waals surface area contributed by atoms with Gasteiger partial charge >= 0.3 is 5.97 Å². The van der Waals surface area contributed by atoms with Crippen molar-refractivity contribution in [3.8, 4) is 5.75 Å². The van der Waals surface area contributed by atoms with Gasteiger partial charge in [0.25, 0.3) is 0 Å². The van der Waals surface area contributed by atoms with E-state index in [1.54, 1.807) is 0 Å². The molecule has 0 unspecified atom stereocenters. The highest BCUT2D eigenvalue weighted by atomic mass is 79.9. The molecule has 4 rings (SSSR count). The van der Waals surface area contributed by atoms with E-state index in [0.29, 0.717) is 11.7 Å². The lowest BCUT2D eigenvalue weighted by Gasteiger charge is -2.25. The van der Waals surface area contributed by atoms with Gasteiger partial charge in [-0.1, -0.05) is 39.7 Å². The monoisotopic (exact) mass is 505 g/mol. The van der Waals surface area contributed by atoms with Crippen molar-refractivity contribution in [3.63, 3.8) is 0 Å². The van der Waals surface area contributed by atoms with Crippen LogP contribution < -0.4 is 9.64 Å². The van der Waals surface area contributed by atoms with Crippen LogP contribution in [0.4, 0.5) is 10.3 Å². The molecule has 1 atom stereocenters. The maximum atomic E-state index is 13.4. The first-order valence-corrected chi connectivity index (χ1v) is 10.8. The van der Waals surface area contributed by atoms with Gasteiger partial charge in [0, 0.05) is 23.3 Å².